The van der Waals surface area contributed by atoms with E-state index in [2.05, 4.69) is 150 Å². The Morgan fingerprint density at radius 2 is 1.30 bits per heavy atom. The number of fused-ring (bicyclic) bond motifs is 4. The van der Waals surface area contributed by atoms with Gasteiger partial charge in [0.05, 0.1) is 16.7 Å². The molecule has 0 atom stereocenters. The van der Waals surface area contributed by atoms with Crippen LogP contribution in [-0.4, -0.2) is 9.55 Å². The molecule has 2 aromatic heterocycles. The number of rotatable bonds is 5. The van der Waals surface area contributed by atoms with Gasteiger partial charge in [-0.1, -0.05) is 121 Å². The monoisotopic (exact) mass is 576 g/mol. The first-order valence-electron chi connectivity index (χ1n) is 15.8. The van der Waals surface area contributed by atoms with E-state index in [0.29, 0.717) is 11.8 Å². The van der Waals surface area contributed by atoms with Crippen molar-refractivity contribution in [1.82, 2.24) is 9.55 Å². The second-order valence-electron chi connectivity index (χ2n) is 13.7. The maximum absolute atomic E-state index is 6.54. The summed E-state index contributed by atoms with van der Waals surface area (Å²) in [7, 11) is 0. The first-order chi connectivity index (χ1) is 21.1. The summed E-state index contributed by atoms with van der Waals surface area (Å²) in [5, 5.41) is 2.27. The lowest BCUT2D eigenvalue weighted by molar-refractivity contribution is 0.586. The van der Waals surface area contributed by atoms with E-state index in [4.69, 9.17) is 9.40 Å². The summed E-state index contributed by atoms with van der Waals surface area (Å²) in [5.74, 6) is 1.59. The van der Waals surface area contributed by atoms with Crippen LogP contribution in [0.5, 0.6) is 0 Å². The largest absolute Gasteiger partial charge is 0.456 e. The molecule has 0 N–H and O–H groups in total. The van der Waals surface area contributed by atoms with Gasteiger partial charge in [0.2, 0.25) is 0 Å². The second-order valence-corrected chi connectivity index (χ2v) is 13.7. The molecule has 0 aliphatic carbocycles. The van der Waals surface area contributed by atoms with Crippen LogP contribution in [-0.2, 0) is 5.41 Å². The van der Waals surface area contributed by atoms with Crippen LogP contribution in [0.2, 0.25) is 0 Å². The smallest absolute Gasteiger partial charge is 0.145 e. The fraction of sp³-hybridized carbons (Fsp3) is 0.244. The first-order valence-corrected chi connectivity index (χ1v) is 15.8. The van der Waals surface area contributed by atoms with Gasteiger partial charge in [0.1, 0.15) is 17.0 Å². The molecule has 0 aliphatic rings. The van der Waals surface area contributed by atoms with Crippen molar-refractivity contribution < 1.29 is 4.42 Å². The van der Waals surface area contributed by atoms with Crippen molar-refractivity contribution >= 4 is 33.0 Å². The normalized spacial score (nSPS) is 12.4. The van der Waals surface area contributed by atoms with E-state index < -0.39 is 0 Å². The van der Waals surface area contributed by atoms with Gasteiger partial charge in [-0.2, -0.15) is 0 Å². The Labute approximate surface area is 260 Å². The molecule has 0 saturated carbocycles. The lowest BCUT2D eigenvalue weighted by atomic mass is 9.81. The molecular formula is C41H40N2O. The van der Waals surface area contributed by atoms with E-state index in [1.807, 2.05) is 6.07 Å². The third kappa shape index (κ3) is 4.63. The van der Waals surface area contributed by atoms with Gasteiger partial charge in [-0.05, 0) is 75.4 Å². The molecule has 3 nitrogen and oxygen atoms in total. The Bertz CT molecular complexity index is 2120. The molecular weight excluding hydrogens is 536 g/mol. The molecule has 220 valence electrons. The van der Waals surface area contributed by atoms with Gasteiger partial charge >= 0.3 is 0 Å². The van der Waals surface area contributed by atoms with Crippen LogP contribution in [0.1, 0.15) is 77.0 Å². The molecule has 0 bridgehead atoms. The highest BCUT2D eigenvalue weighted by Gasteiger charge is 2.26. The predicted octanol–water partition coefficient (Wildman–Crippen LogP) is 11.8. The zero-order valence-electron chi connectivity index (χ0n) is 26.8. The summed E-state index contributed by atoms with van der Waals surface area (Å²) < 4.78 is 8.96. The fourth-order valence-electron chi connectivity index (χ4n) is 6.53. The van der Waals surface area contributed by atoms with E-state index in [1.165, 1.54) is 22.4 Å². The number of para-hydroxylation sites is 3. The highest BCUT2D eigenvalue weighted by molar-refractivity contribution is 6.13. The lowest BCUT2D eigenvalue weighted by Gasteiger charge is -2.28. The number of furan rings is 1. The third-order valence-corrected chi connectivity index (χ3v) is 8.88. The zero-order valence-corrected chi connectivity index (χ0v) is 26.8. The Morgan fingerprint density at radius 3 is 1.98 bits per heavy atom. The van der Waals surface area contributed by atoms with E-state index in [-0.39, 0.29) is 5.41 Å². The second kappa shape index (κ2) is 10.5. The SMILES string of the molecule is CC(C)c1cc(C(C)(C)C)cc(C(C)C)c1-n1c(-c2cc(-c3ccccc3)c3c(c2)oc2ccccc23)nc2ccccc21. The quantitative estimate of drug-likeness (QED) is 0.204. The molecule has 7 aromatic rings. The van der Waals surface area contributed by atoms with Crippen molar-refractivity contribution in [1.29, 1.82) is 0 Å². The van der Waals surface area contributed by atoms with Gasteiger partial charge in [-0.25, -0.2) is 4.98 Å². The molecule has 0 fully saturated rings. The van der Waals surface area contributed by atoms with Gasteiger partial charge in [0, 0.05) is 16.3 Å². The molecule has 2 heterocycles. The third-order valence-electron chi connectivity index (χ3n) is 8.88. The molecule has 0 unspecified atom stereocenters. The van der Waals surface area contributed by atoms with Crippen molar-refractivity contribution in [3.8, 4) is 28.2 Å². The van der Waals surface area contributed by atoms with Crippen LogP contribution in [0.4, 0.5) is 0 Å². The average Bonchev–Trinajstić information content (AvgIpc) is 3.58. The van der Waals surface area contributed by atoms with Crippen molar-refractivity contribution in [3.63, 3.8) is 0 Å². The van der Waals surface area contributed by atoms with Crippen LogP contribution < -0.4 is 0 Å². The number of imidazole rings is 1. The maximum atomic E-state index is 6.54. The van der Waals surface area contributed by atoms with Crippen molar-refractivity contribution in [2.75, 3.05) is 0 Å². The molecule has 5 aromatic carbocycles. The average molecular weight is 577 g/mol. The van der Waals surface area contributed by atoms with Crippen LogP contribution in [0.3, 0.4) is 0 Å². The van der Waals surface area contributed by atoms with Crippen LogP contribution in [0.25, 0.3) is 61.2 Å². The van der Waals surface area contributed by atoms with E-state index >= 15 is 0 Å². The molecule has 0 saturated heterocycles. The number of hydrogen-bond acceptors (Lipinski definition) is 2. The van der Waals surface area contributed by atoms with E-state index in [9.17, 15) is 0 Å². The minimum absolute atomic E-state index is 0.0442. The summed E-state index contributed by atoms with van der Waals surface area (Å²) in [4.78, 5) is 5.35. The standard InChI is InChI=1S/C41H40N2O/c1-25(2)31-23-29(41(5,6)7)24-32(26(3)4)39(31)43-35-19-13-12-18-34(35)42-40(43)28-21-33(27-15-9-8-10-16-27)38-30-17-11-14-20-36(30)44-37(38)22-28/h8-26H,1-7H3. The van der Waals surface area contributed by atoms with Crippen LogP contribution in [0.15, 0.2) is 108 Å². The lowest BCUT2D eigenvalue weighted by Crippen LogP contribution is -2.16. The van der Waals surface area contributed by atoms with Crippen molar-refractivity contribution in [2.24, 2.45) is 0 Å². The minimum atomic E-state index is 0.0442. The molecule has 7 rings (SSSR count). The van der Waals surface area contributed by atoms with Gasteiger partial charge in [0.15, 0.2) is 0 Å². The van der Waals surface area contributed by atoms with Gasteiger partial charge in [-0.3, -0.25) is 4.57 Å². The number of nitrogens with zero attached hydrogens (tertiary/aromatic N) is 2. The Balaban J connectivity index is 1.61. The molecule has 0 spiro atoms. The Hall–Kier alpha value is -4.63. The fourth-order valence-corrected chi connectivity index (χ4v) is 6.53. The summed E-state index contributed by atoms with van der Waals surface area (Å²) in [6.45, 7) is 16.2. The zero-order chi connectivity index (χ0) is 30.7. The summed E-state index contributed by atoms with van der Waals surface area (Å²) in [6.07, 6.45) is 0. The molecule has 44 heavy (non-hydrogen) atoms. The summed E-state index contributed by atoms with van der Waals surface area (Å²) >= 11 is 0. The van der Waals surface area contributed by atoms with Crippen molar-refractivity contribution in [3.05, 3.63) is 120 Å². The molecule has 0 aliphatic heterocycles. The Morgan fingerprint density at radius 1 is 0.659 bits per heavy atom. The number of hydrogen-bond donors (Lipinski definition) is 0. The first kappa shape index (κ1) is 28.2. The topological polar surface area (TPSA) is 31.0 Å². The van der Waals surface area contributed by atoms with Crippen LogP contribution in [0, 0.1) is 0 Å². The van der Waals surface area contributed by atoms with Gasteiger partial charge in [0.25, 0.3) is 0 Å². The van der Waals surface area contributed by atoms with E-state index in [1.54, 1.807) is 0 Å². The maximum Gasteiger partial charge on any atom is 0.145 e. The molecule has 3 heteroatoms. The van der Waals surface area contributed by atoms with Crippen molar-refractivity contribution in [2.45, 2.75) is 65.7 Å². The van der Waals surface area contributed by atoms with Crippen LogP contribution >= 0.6 is 0 Å². The van der Waals surface area contributed by atoms with Gasteiger partial charge in [-0.15, -0.1) is 0 Å². The Kier molecular flexibility index (Phi) is 6.73. The number of benzene rings is 5. The van der Waals surface area contributed by atoms with Gasteiger partial charge < -0.3 is 4.42 Å². The summed E-state index contributed by atoms with van der Waals surface area (Å²) in [5.41, 5.74) is 12.6. The van der Waals surface area contributed by atoms with E-state index in [0.717, 1.165) is 55.5 Å². The number of aromatic nitrogens is 2. The predicted molar refractivity (Wildman–Crippen MR) is 186 cm³/mol. The summed E-state index contributed by atoms with van der Waals surface area (Å²) in [6, 6.07) is 36.9. The highest BCUT2D eigenvalue weighted by atomic mass is 16.3. The minimum Gasteiger partial charge on any atom is -0.456 e. The molecule has 0 radical (unpaired) electrons. The molecule has 0 amide bonds. The highest BCUT2D eigenvalue weighted by Crippen LogP contribution is 2.43.